The van der Waals surface area contributed by atoms with Crippen LogP contribution in [0.3, 0.4) is 0 Å². The van der Waals surface area contributed by atoms with Crippen molar-refractivity contribution in [1.29, 1.82) is 0 Å². The van der Waals surface area contributed by atoms with Crippen molar-refractivity contribution in [3.63, 3.8) is 0 Å². The fraction of sp³-hybridized carbons (Fsp3) is 0.200. The first kappa shape index (κ1) is 12.9. The molecular weight excluding hydrogens is 268 g/mol. The van der Waals surface area contributed by atoms with Crippen molar-refractivity contribution < 1.29 is 0 Å². The number of nitrogens with zero attached hydrogens (tertiary/aromatic N) is 2. The number of anilines is 2. The monoisotopic (exact) mass is 284 g/mol. The molecule has 0 aliphatic carbocycles. The summed E-state index contributed by atoms with van der Waals surface area (Å²) < 4.78 is 0. The maximum Gasteiger partial charge on any atom is 0.223 e. The molecule has 0 saturated heterocycles. The van der Waals surface area contributed by atoms with Gasteiger partial charge in [0.1, 0.15) is 10.6 Å². The molecule has 0 atom stereocenters. The fourth-order valence-corrected chi connectivity index (χ4v) is 2.97. The molecule has 102 valence electrons. The number of thiophene rings is 1. The van der Waals surface area contributed by atoms with Crippen LogP contribution in [0.4, 0.5) is 11.8 Å². The van der Waals surface area contributed by atoms with Crippen molar-refractivity contribution in [1.82, 2.24) is 9.97 Å². The van der Waals surface area contributed by atoms with Crippen LogP contribution in [0.5, 0.6) is 0 Å². The zero-order valence-corrected chi connectivity index (χ0v) is 12.1. The predicted octanol–water partition coefficient (Wildman–Crippen LogP) is 3.24. The molecule has 0 radical (unpaired) electrons. The molecule has 5 heteroatoms. The van der Waals surface area contributed by atoms with Crippen molar-refractivity contribution >= 4 is 33.3 Å². The summed E-state index contributed by atoms with van der Waals surface area (Å²) in [6.07, 6.45) is 0.956. The van der Waals surface area contributed by atoms with E-state index in [0.717, 1.165) is 29.0 Å². The van der Waals surface area contributed by atoms with Gasteiger partial charge < -0.3 is 11.1 Å². The normalized spacial score (nSPS) is 10.8. The number of aromatic nitrogens is 2. The summed E-state index contributed by atoms with van der Waals surface area (Å²) >= 11 is 1.58. The average Bonchev–Trinajstić information content (AvgIpc) is 2.87. The Morgan fingerprint density at radius 2 is 2.15 bits per heavy atom. The summed E-state index contributed by atoms with van der Waals surface area (Å²) in [7, 11) is 0. The Balaban J connectivity index is 1.72. The van der Waals surface area contributed by atoms with Crippen LogP contribution in [0.15, 0.2) is 35.7 Å². The van der Waals surface area contributed by atoms with E-state index in [1.807, 2.05) is 11.4 Å². The van der Waals surface area contributed by atoms with Crippen LogP contribution in [-0.4, -0.2) is 16.5 Å². The highest BCUT2D eigenvalue weighted by molar-refractivity contribution is 7.16. The summed E-state index contributed by atoms with van der Waals surface area (Å²) in [5, 5.41) is 6.40. The molecule has 0 unspecified atom stereocenters. The maximum absolute atomic E-state index is 5.73. The number of nitrogens with two attached hydrogens (primary N) is 1. The molecule has 3 aromatic rings. The molecule has 0 aliphatic rings. The van der Waals surface area contributed by atoms with Crippen molar-refractivity contribution in [2.24, 2.45) is 0 Å². The van der Waals surface area contributed by atoms with Crippen molar-refractivity contribution in [2.75, 3.05) is 17.6 Å². The summed E-state index contributed by atoms with van der Waals surface area (Å²) in [5.41, 5.74) is 8.34. The lowest BCUT2D eigenvalue weighted by Crippen LogP contribution is -2.08. The number of fused-ring (bicyclic) bond motifs is 1. The molecule has 20 heavy (non-hydrogen) atoms. The molecule has 2 aromatic heterocycles. The lowest BCUT2D eigenvalue weighted by Gasteiger charge is -2.08. The zero-order chi connectivity index (χ0) is 13.9. The van der Waals surface area contributed by atoms with E-state index >= 15 is 0 Å². The minimum absolute atomic E-state index is 0.318. The molecule has 0 aliphatic heterocycles. The number of hydrogen-bond acceptors (Lipinski definition) is 5. The van der Waals surface area contributed by atoms with Gasteiger partial charge in [0.05, 0.1) is 5.39 Å². The summed E-state index contributed by atoms with van der Waals surface area (Å²) in [6.45, 7) is 2.93. The van der Waals surface area contributed by atoms with Gasteiger partial charge in [-0.05, 0) is 30.4 Å². The van der Waals surface area contributed by atoms with Gasteiger partial charge in [0, 0.05) is 6.54 Å². The van der Waals surface area contributed by atoms with E-state index in [4.69, 9.17) is 5.73 Å². The van der Waals surface area contributed by atoms with Crippen LogP contribution in [0.1, 0.15) is 11.1 Å². The van der Waals surface area contributed by atoms with E-state index < -0.39 is 0 Å². The highest BCUT2D eigenvalue weighted by Crippen LogP contribution is 2.25. The summed E-state index contributed by atoms with van der Waals surface area (Å²) in [5.74, 6) is 1.14. The van der Waals surface area contributed by atoms with Crippen LogP contribution < -0.4 is 11.1 Å². The van der Waals surface area contributed by atoms with Gasteiger partial charge in [-0.3, -0.25) is 0 Å². The molecule has 0 fully saturated rings. The first-order chi connectivity index (χ1) is 9.72. The second kappa shape index (κ2) is 5.46. The van der Waals surface area contributed by atoms with Gasteiger partial charge in [-0.15, -0.1) is 11.3 Å². The second-order valence-corrected chi connectivity index (χ2v) is 5.63. The third-order valence-electron chi connectivity index (χ3n) is 3.13. The minimum atomic E-state index is 0.318. The summed E-state index contributed by atoms with van der Waals surface area (Å²) in [4.78, 5) is 9.43. The molecule has 0 saturated carbocycles. The van der Waals surface area contributed by atoms with Gasteiger partial charge in [-0.25, -0.2) is 4.98 Å². The standard InChI is InChI=1S/C15H16N4S/c1-10-3-2-4-11(9-10)5-7-17-13-12-6-8-20-14(12)19-15(16)18-13/h2-4,6,8-9H,5,7H2,1H3,(H3,16,17,18,19). The Labute approximate surface area is 121 Å². The van der Waals surface area contributed by atoms with Gasteiger partial charge in [0.25, 0.3) is 0 Å². The van der Waals surface area contributed by atoms with Crippen LogP contribution in [0.25, 0.3) is 10.2 Å². The van der Waals surface area contributed by atoms with Gasteiger partial charge >= 0.3 is 0 Å². The molecule has 2 heterocycles. The molecule has 3 N–H and O–H groups in total. The second-order valence-electron chi connectivity index (χ2n) is 4.74. The van der Waals surface area contributed by atoms with Gasteiger partial charge in [0.15, 0.2) is 0 Å². The molecule has 1 aromatic carbocycles. The Bertz CT molecular complexity index is 736. The smallest absolute Gasteiger partial charge is 0.223 e. The van der Waals surface area contributed by atoms with Crippen LogP contribution in [-0.2, 0) is 6.42 Å². The summed E-state index contributed by atoms with van der Waals surface area (Å²) in [6, 6.07) is 10.6. The van der Waals surface area contributed by atoms with Gasteiger partial charge in [0.2, 0.25) is 5.95 Å². The Hall–Kier alpha value is -2.14. The van der Waals surface area contributed by atoms with Crippen LogP contribution >= 0.6 is 11.3 Å². The molecule has 4 nitrogen and oxygen atoms in total. The largest absolute Gasteiger partial charge is 0.369 e. The quantitative estimate of drug-likeness (QED) is 0.772. The van der Waals surface area contributed by atoms with Crippen molar-refractivity contribution in [3.05, 3.63) is 46.8 Å². The Morgan fingerprint density at radius 1 is 1.25 bits per heavy atom. The molecular formula is C15H16N4S. The van der Waals surface area contributed by atoms with E-state index in [0.29, 0.717) is 5.95 Å². The first-order valence-corrected chi connectivity index (χ1v) is 7.40. The topological polar surface area (TPSA) is 63.8 Å². The van der Waals surface area contributed by atoms with E-state index in [9.17, 15) is 0 Å². The molecule has 0 amide bonds. The van der Waals surface area contributed by atoms with Crippen molar-refractivity contribution in [2.45, 2.75) is 13.3 Å². The Morgan fingerprint density at radius 3 is 3.00 bits per heavy atom. The number of nitrogen functional groups attached to an aromatic ring is 1. The van der Waals surface area contributed by atoms with E-state index in [-0.39, 0.29) is 0 Å². The van der Waals surface area contributed by atoms with Gasteiger partial charge in [-0.2, -0.15) is 4.98 Å². The van der Waals surface area contributed by atoms with Crippen LogP contribution in [0.2, 0.25) is 0 Å². The average molecular weight is 284 g/mol. The lowest BCUT2D eigenvalue weighted by molar-refractivity contribution is 1.01. The fourth-order valence-electron chi connectivity index (χ4n) is 2.20. The first-order valence-electron chi connectivity index (χ1n) is 6.52. The lowest BCUT2D eigenvalue weighted by atomic mass is 10.1. The SMILES string of the molecule is Cc1cccc(CCNc2nc(N)nc3sccc23)c1. The minimum Gasteiger partial charge on any atom is -0.369 e. The third kappa shape index (κ3) is 2.72. The number of nitrogens with one attached hydrogen (secondary N) is 1. The molecule has 3 rings (SSSR count). The number of benzene rings is 1. The zero-order valence-electron chi connectivity index (χ0n) is 11.3. The highest BCUT2D eigenvalue weighted by atomic mass is 32.1. The van der Waals surface area contributed by atoms with E-state index in [1.165, 1.54) is 11.1 Å². The molecule has 0 spiro atoms. The number of rotatable bonds is 4. The number of aryl methyl sites for hydroxylation is 1. The Kier molecular flexibility index (Phi) is 3.52. The van der Waals surface area contributed by atoms with Crippen molar-refractivity contribution in [3.8, 4) is 0 Å². The van der Waals surface area contributed by atoms with Crippen LogP contribution in [0, 0.1) is 6.92 Å². The highest BCUT2D eigenvalue weighted by Gasteiger charge is 2.06. The molecule has 0 bridgehead atoms. The van der Waals surface area contributed by atoms with E-state index in [1.54, 1.807) is 11.3 Å². The predicted molar refractivity (Wildman–Crippen MR) is 85.2 cm³/mol. The van der Waals surface area contributed by atoms with E-state index in [2.05, 4.69) is 46.5 Å². The van der Waals surface area contributed by atoms with Gasteiger partial charge in [-0.1, -0.05) is 29.8 Å². The number of hydrogen-bond donors (Lipinski definition) is 2. The third-order valence-corrected chi connectivity index (χ3v) is 3.94. The maximum atomic E-state index is 5.73.